The Kier molecular flexibility index (Phi) is 22.4. The van der Waals surface area contributed by atoms with Gasteiger partial charge in [-0.15, -0.1) is 68.0 Å². The summed E-state index contributed by atoms with van der Waals surface area (Å²) in [6, 6.07) is 10.1. The van der Waals surface area contributed by atoms with Crippen molar-refractivity contribution in [3.8, 4) is 43.4 Å². The van der Waals surface area contributed by atoms with Gasteiger partial charge in [-0.25, -0.2) is 39.7 Å². The zero-order valence-electron chi connectivity index (χ0n) is 51.0. The van der Waals surface area contributed by atoms with E-state index in [9.17, 15) is 53.7 Å². The van der Waals surface area contributed by atoms with Crippen LogP contribution < -0.4 is 26.2 Å². The summed E-state index contributed by atoms with van der Waals surface area (Å²) in [4.78, 5) is 144. The van der Waals surface area contributed by atoms with E-state index in [0.29, 0.717) is 106 Å². The number of carbonyl (C=O) groups is 8. The molecular formula is C62H66N12O13S6. The molecule has 93 heavy (non-hydrogen) atoms. The van der Waals surface area contributed by atoms with Crippen molar-refractivity contribution in [2.75, 3.05) is 38.8 Å². The molecule has 0 saturated heterocycles. The number of carboxylic acid groups (broad SMARTS) is 2. The molecule has 7 aromatic heterocycles. The van der Waals surface area contributed by atoms with E-state index in [0.717, 1.165) is 11.3 Å². The summed E-state index contributed by atoms with van der Waals surface area (Å²) in [6.45, 7) is 5.27. The van der Waals surface area contributed by atoms with Crippen LogP contribution >= 0.6 is 68.0 Å². The van der Waals surface area contributed by atoms with Gasteiger partial charge in [-0.1, -0.05) is 44.2 Å². The average Bonchev–Trinajstić information content (AvgIpc) is 1.70. The molecule has 4 atom stereocenters. The first kappa shape index (κ1) is 67.7. The summed E-state index contributed by atoms with van der Waals surface area (Å²) in [5, 5.41) is 51.1. The molecule has 10 bridgehead atoms. The Bertz CT molecular complexity index is 4040. The van der Waals surface area contributed by atoms with Crippen molar-refractivity contribution in [3.05, 3.63) is 111 Å². The predicted molar refractivity (Wildman–Crippen MR) is 352 cm³/mol. The van der Waals surface area contributed by atoms with Crippen molar-refractivity contribution in [1.82, 2.24) is 56.2 Å². The van der Waals surface area contributed by atoms with Gasteiger partial charge in [0, 0.05) is 71.4 Å². The van der Waals surface area contributed by atoms with Crippen LogP contribution in [-0.2, 0) is 35.3 Å². The van der Waals surface area contributed by atoms with Gasteiger partial charge in [0.2, 0.25) is 11.8 Å². The highest BCUT2D eigenvalue weighted by molar-refractivity contribution is 7.15. The minimum absolute atomic E-state index is 0.00531. The third kappa shape index (κ3) is 16.4. The summed E-state index contributed by atoms with van der Waals surface area (Å²) in [6.07, 6.45) is 0.351. The number of amides is 5. The number of ether oxygens (including phenoxy) is 2. The van der Waals surface area contributed by atoms with Crippen LogP contribution in [0.5, 0.6) is 0 Å². The van der Waals surface area contributed by atoms with Crippen LogP contribution in [0.25, 0.3) is 43.4 Å². The zero-order valence-corrected chi connectivity index (χ0v) is 55.9. The number of anilines is 1. The number of fused-ring (bicyclic) bond motifs is 14. The number of aliphatic carboxylic acids is 2. The standard InChI is InChI=1S/C62H66N12O13S6/c1-30(2)36-21-42(75)48-31(3)92-59(72-48)38(22-45(76)63-4)66-53(81)40-27-88-55(68-40)35-18-19-37(57-70-44(29-91-57)74(20-10-9-13-47(78)79)62(85)87-24-32-14-16-34(17-15-32)61(83)84)65-49(35)39-26-89-58(67-39)41-28-90-60(69-41)51(52(80)33-11-7-6-8-12-33)71-46(77)23-64-54(82)50-43(25-86-5)93-56(36)73-50/h6-8,11-12,18-19,26-30,32,34,36,38,51-52,80H,9-10,13-17,20-25H2,1-5H3,(H,63,76)(H,64,82)(H,66,81)(H,71,77)(H,78,79)(H,83,84)/t32?,34?,36?,38-,51-,52-/m0/s1. The number of ketones is 1. The maximum Gasteiger partial charge on any atom is 0.415 e. The Morgan fingerprint density at radius 3 is 2.17 bits per heavy atom. The largest absolute Gasteiger partial charge is 0.481 e. The number of unbranched alkanes of at least 4 members (excludes halogenated alkanes) is 1. The van der Waals surface area contributed by atoms with Gasteiger partial charge < -0.3 is 46.1 Å². The van der Waals surface area contributed by atoms with E-state index in [1.54, 1.807) is 70.9 Å². The summed E-state index contributed by atoms with van der Waals surface area (Å²) in [7, 11) is 2.95. The maximum absolute atomic E-state index is 14.4. The van der Waals surface area contributed by atoms with Gasteiger partial charge in [-0.3, -0.25) is 38.5 Å². The number of methoxy groups -OCH3 is 1. The van der Waals surface area contributed by atoms with E-state index >= 15 is 0 Å². The Labute approximate surface area is 557 Å². The highest BCUT2D eigenvalue weighted by atomic mass is 32.1. The third-order valence-corrected chi connectivity index (χ3v) is 21.5. The van der Waals surface area contributed by atoms with Crippen molar-refractivity contribution in [1.29, 1.82) is 0 Å². The molecular weight excluding hydrogens is 1310 g/mol. The molecule has 0 radical (unpaired) electrons. The Morgan fingerprint density at radius 2 is 1.44 bits per heavy atom. The molecule has 7 N–H and O–H groups in total. The normalized spacial score (nSPS) is 18.4. The maximum atomic E-state index is 14.4. The van der Waals surface area contributed by atoms with Gasteiger partial charge in [0.1, 0.15) is 77.2 Å². The number of aliphatic hydroxyl groups excluding tert-OH is 1. The van der Waals surface area contributed by atoms with Crippen LogP contribution in [0.15, 0.2) is 64.0 Å². The van der Waals surface area contributed by atoms with E-state index < -0.39 is 78.2 Å². The number of hydrogen-bond acceptors (Lipinski definition) is 24. The fraction of sp³-hybridized carbons (Fsp3) is 0.403. The van der Waals surface area contributed by atoms with Gasteiger partial charge in [0.15, 0.2) is 5.78 Å². The highest BCUT2D eigenvalue weighted by Crippen LogP contribution is 2.41. The second-order valence-corrected chi connectivity index (χ2v) is 28.4. The molecule has 1 fully saturated rings. The third-order valence-electron chi connectivity index (χ3n) is 15.7. The first-order valence-electron chi connectivity index (χ1n) is 29.8. The van der Waals surface area contributed by atoms with E-state index in [4.69, 9.17) is 44.4 Å². The number of benzene rings is 1. The number of thiazole rings is 6. The molecule has 1 aliphatic carbocycles. The van der Waals surface area contributed by atoms with Gasteiger partial charge in [-0.2, -0.15) is 0 Å². The van der Waals surface area contributed by atoms with Crippen molar-refractivity contribution in [2.45, 2.75) is 109 Å². The molecule has 1 aliphatic heterocycles. The monoisotopic (exact) mass is 1380 g/mol. The van der Waals surface area contributed by atoms with Crippen LogP contribution in [-0.4, -0.2) is 132 Å². The molecule has 5 amide bonds. The summed E-state index contributed by atoms with van der Waals surface area (Å²) >= 11 is 7.15. The highest BCUT2D eigenvalue weighted by Gasteiger charge is 2.34. The summed E-state index contributed by atoms with van der Waals surface area (Å²) in [5.74, 6) is -5.36. The minimum Gasteiger partial charge on any atom is -0.481 e. The zero-order chi connectivity index (χ0) is 66.0. The van der Waals surface area contributed by atoms with Crippen LogP contribution in [0.3, 0.4) is 0 Å². The van der Waals surface area contributed by atoms with E-state index in [1.807, 2.05) is 13.8 Å². The van der Waals surface area contributed by atoms with Crippen LogP contribution in [0.2, 0.25) is 0 Å². The summed E-state index contributed by atoms with van der Waals surface area (Å²) < 4.78 is 11.3. The number of Topliss-reactive ketones (excluding diaryl/α,β-unsaturated/α-hetero) is 1. The van der Waals surface area contributed by atoms with Crippen molar-refractivity contribution in [2.24, 2.45) is 17.8 Å². The topological polar surface area (TPSA) is 357 Å². The molecule has 1 unspecified atom stereocenters. The Hall–Kier alpha value is -8.17. The van der Waals surface area contributed by atoms with Crippen LogP contribution in [0, 0.1) is 24.7 Å². The molecule has 31 heteroatoms. The lowest BCUT2D eigenvalue weighted by Gasteiger charge is -2.27. The van der Waals surface area contributed by atoms with Crippen molar-refractivity contribution >= 4 is 121 Å². The number of nitrogens with zero attached hydrogens (tertiary/aromatic N) is 8. The smallest absolute Gasteiger partial charge is 0.415 e. The molecule has 2 aliphatic rings. The van der Waals surface area contributed by atoms with Crippen LogP contribution in [0.4, 0.5) is 10.6 Å². The second kappa shape index (κ2) is 30.7. The number of pyridine rings is 1. The molecule has 8 heterocycles. The second-order valence-electron chi connectivity index (χ2n) is 22.6. The SMILES string of the molecule is CNC(=O)C[C@@H]1NC(=O)c2csc(n2)-c2ccc(-c3nc(N(CCCCC(=O)O)C(=O)OCC4CCC(C(=O)O)CC4)cs3)nc2-c2csc(n2)-c2csc(n2)[C@H]([C@@H](O)c2ccccc2)NC(=O)CNC(=O)c2nc(sc2COC)C(C(C)C)CC(=O)c2nc1sc2C. The van der Waals surface area contributed by atoms with Crippen molar-refractivity contribution in [3.63, 3.8) is 0 Å². The number of aliphatic hydroxyl groups is 1. The van der Waals surface area contributed by atoms with E-state index in [-0.39, 0.29) is 86.0 Å². The fourth-order valence-corrected chi connectivity index (χ4v) is 16.3. The number of rotatable bonds is 17. The Morgan fingerprint density at radius 1 is 0.731 bits per heavy atom. The molecule has 1 aromatic carbocycles. The number of nitrogens with one attached hydrogen (secondary N) is 4. The quantitative estimate of drug-likeness (QED) is 0.0417. The lowest BCUT2D eigenvalue weighted by atomic mass is 9.82. The first-order valence-corrected chi connectivity index (χ1v) is 34.9. The number of aryl methyl sites for hydroxylation is 1. The molecule has 10 rings (SSSR count). The van der Waals surface area contributed by atoms with E-state index in [2.05, 4.69) is 21.3 Å². The average molecular weight is 1380 g/mol. The van der Waals surface area contributed by atoms with Gasteiger partial charge in [-0.05, 0) is 75.0 Å². The van der Waals surface area contributed by atoms with Gasteiger partial charge in [0.25, 0.3) is 11.8 Å². The molecule has 8 aromatic rings. The fourth-order valence-electron chi connectivity index (χ4n) is 10.6. The number of aromatic nitrogens is 7. The number of hydrogen-bond donors (Lipinski definition) is 7. The summed E-state index contributed by atoms with van der Waals surface area (Å²) in [5.41, 5.74) is 2.58. The predicted octanol–water partition coefficient (Wildman–Crippen LogP) is 10.3. The van der Waals surface area contributed by atoms with Gasteiger partial charge >= 0.3 is 18.0 Å². The minimum atomic E-state index is -1.30. The molecule has 488 valence electrons. The lowest BCUT2D eigenvalue weighted by Crippen LogP contribution is -2.40. The lowest BCUT2D eigenvalue weighted by molar-refractivity contribution is -0.143. The Balaban J connectivity index is 1.03. The number of carboxylic acids is 2. The molecule has 1 saturated carbocycles. The number of carbonyl (C=O) groups excluding carboxylic acids is 6. The van der Waals surface area contributed by atoms with E-state index in [1.165, 1.54) is 75.7 Å². The van der Waals surface area contributed by atoms with Crippen molar-refractivity contribution < 1.29 is 63.1 Å². The molecule has 0 spiro atoms. The first-order chi connectivity index (χ1) is 44.7. The van der Waals surface area contributed by atoms with Crippen LogP contribution in [0.1, 0.15) is 158 Å². The van der Waals surface area contributed by atoms with Gasteiger partial charge in [0.05, 0.1) is 53.7 Å². The molecule has 25 nitrogen and oxygen atoms in total.